The number of fused-ring (bicyclic) bond motifs is 1. The second kappa shape index (κ2) is 8.78. The molecule has 7 heteroatoms. The van der Waals surface area contributed by atoms with Gasteiger partial charge in [-0.15, -0.1) is 0 Å². The quantitative estimate of drug-likeness (QED) is 0.312. The summed E-state index contributed by atoms with van der Waals surface area (Å²) in [5.74, 6) is -0.122. The van der Waals surface area contributed by atoms with Gasteiger partial charge in [0.15, 0.2) is 5.78 Å². The van der Waals surface area contributed by atoms with E-state index in [1.54, 1.807) is 55.6 Å². The van der Waals surface area contributed by atoms with Crippen molar-refractivity contribution < 1.29 is 14.5 Å². The molecule has 0 aromatic heterocycles. The van der Waals surface area contributed by atoms with Crippen LogP contribution in [0.25, 0.3) is 0 Å². The minimum absolute atomic E-state index is 0.0115. The fraction of sp³-hybridized carbons (Fsp3) is 0.208. The predicted molar refractivity (Wildman–Crippen MR) is 120 cm³/mol. The average molecular weight is 437 g/mol. The molecule has 0 bridgehead atoms. The van der Waals surface area contributed by atoms with E-state index in [4.69, 9.17) is 16.3 Å². The van der Waals surface area contributed by atoms with Gasteiger partial charge in [0.25, 0.3) is 0 Å². The summed E-state index contributed by atoms with van der Waals surface area (Å²) in [5, 5.41) is 16.0. The number of anilines is 1. The highest BCUT2D eigenvalue weighted by Gasteiger charge is 2.46. The molecule has 3 aromatic rings. The van der Waals surface area contributed by atoms with Crippen LogP contribution in [0.3, 0.4) is 0 Å². The van der Waals surface area contributed by atoms with Gasteiger partial charge < -0.3 is 10.1 Å². The van der Waals surface area contributed by atoms with Gasteiger partial charge in [0.2, 0.25) is 6.04 Å². The normalized spacial score (nSPS) is 19.7. The maximum Gasteiger partial charge on any atom is 0.244 e. The van der Waals surface area contributed by atoms with Crippen molar-refractivity contribution in [3.05, 3.63) is 105 Å². The number of benzene rings is 3. The molecule has 3 aromatic carbocycles. The second-order valence-corrected chi connectivity index (χ2v) is 7.88. The summed E-state index contributed by atoms with van der Waals surface area (Å²) in [6.07, 6.45) is 0.0115. The number of carbonyl (C=O) groups excluding carboxylic acids is 1. The minimum atomic E-state index is -1.06. The largest absolute Gasteiger partial charge is 0.497 e. The van der Waals surface area contributed by atoms with E-state index in [1.165, 1.54) is 0 Å². The number of hydrogen-bond acceptors (Lipinski definition) is 5. The fourth-order valence-electron chi connectivity index (χ4n) is 4.20. The standard InChI is InChI=1S/C24H21ClN2O4/c1-31-16-12-10-15(11-13-16)22(28)14-19-17-6-3-5-9-21(17)26-23(24(19)27(29)30)18-7-2-4-8-20(18)25/h2-13,19,23-24,26H,14H2,1H3/t19-,23-,24+/m1/s1. The summed E-state index contributed by atoms with van der Waals surface area (Å²) >= 11 is 6.39. The Labute approximate surface area is 185 Å². The molecule has 0 saturated heterocycles. The zero-order valence-corrected chi connectivity index (χ0v) is 17.6. The van der Waals surface area contributed by atoms with E-state index in [1.807, 2.05) is 24.3 Å². The van der Waals surface area contributed by atoms with Crippen LogP contribution < -0.4 is 10.1 Å². The number of halogens is 1. The summed E-state index contributed by atoms with van der Waals surface area (Å²) in [6, 6.07) is 19.6. The Hall–Kier alpha value is -3.38. The number of Topliss-reactive ketones (excluding diaryl/α,β-unsaturated/α-hetero) is 1. The summed E-state index contributed by atoms with van der Waals surface area (Å²) < 4.78 is 5.15. The molecule has 6 nitrogen and oxygen atoms in total. The van der Waals surface area contributed by atoms with Crippen molar-refractivity contribution >= 4 is 23.1 Å². The lowest BCUT2D eigenvalue weighted by Gasteiger charge is -2.36. The van der Waals surface area contributed by atoms with Crippen LogP contribution in [-0.4, -0.2) is 23.9 Å². The van der Waals surface area contributed by atoms with Crippen molar-refractivity contribution in [1.82, 2.24) is 0 Å². The van der Waals surface area contributed by atoms with Crippen LogP contribution in [-0.2, 0) is 0 Å². The van der Waals surface area contributed by atoms with Gasteiger partial charge in [0, 0.05) is 27.6 Å². The molecule has 31 heavy (non-hydrogen) atoms. The first-order valence-corrected chi connectivity index (χ1v) is 10.3. The number of nitrogens with zero attached hydrogens (tertiary/aromatic N) is 1. The molecule has 3 atom stereocenters. The van der Waals surface area contributed by atoms with Gasteiger partial charge in [-0.1, -0.05) is 48.0 Å². The van der Waals surface area contributed by atoms with E-state index in [-0.39, 0.29) is 17.1 Å². The van der Waals surface area contributed by atoms with Crippen LogP contribution in [0.15, 0.2) is 72.8 Å². The molecular formula is C24H21ClN2O4. The van der Waals surface area contributed by atoms with Crippen molar-refractivity contribution in [2.45, 2.75) is 24.4 Å². The van der Waals surface area contributed by atoms with Crippen molar-refractivity contribution in [3.8, 4) is 5.75 Å². The highest BCUT2D eigenvalue weighted by atomic mass is 35.5. The Bertz CT molecular complexity index is 1120. The van der Waals surface area contributed by atoms with Gasteiger partial charge in [0.05, 0.1) is 13.0 Å². The molecule has 0 spiro atoms. The number of hydrogen-bond donors (Lipinski definition) is 1. The molecule has 1 aliphatic heterocycles. The lowest BCUT2D eigenvalue weighted by molar-refractivity contribution is -0.530. The first kappa shape index (κ1) is 20.9. The van der Waals surface area contributed by atoms with E-state index in [0.29, 0.717) is 21.9 Å². The molecule has 158 valence electrons. The van der Waals surface area contributed by atoms with Gasteiger partial charge in [0.1, 0.15) is 11.8 Å². The first-order valence-electron chi connectivity index (χ1n) is 9.90. The maximum absolute atomic E-state index is 13.1. The molecule has 4 rings (SSSR count). The molecule has 0 saturated carbocycles. The molecule has 1 N–H and O–H groups in total. The Morgan fingerprint density at radius 2 is 1.68 bits per heavy atom. The lowest BCUT2D eigenvalue weighted by atomic mass is 9.77. The first-order chi connectivity index (χ1) is 15.0. The molecule has 0 aliphatic carbocycles. The van der Waals surface area contributed by atoms with E-state index >= 15 is 0 Å². The zero-order valence-electron chi connectivity index (χ0n) is 16.8. The van der Waals surface area contributed by atoms with Gasteiger partial charge in [-0.2, -0.15) is 0 Å². The van der Waals surface area contributed by atoms with Gasteiger partial charge in [-0.05, 0) is 47.5 Å². The Kier molecular flexibility index (Phi) is 5.91. The van der Waals surface area contributed by atoms with Gasteiger partial charge in [-0.25, -0.2) is 0 Å². The van der Waals surface area contributed by atoms with Crippen LogP contribution in [0.2, 0.25) is 5.02 Å². The number of carbonyl (C=O) groups is 1. The monoisotopic (exact) mass is 436 g/mol. The SMILES string of the molecule is COc1ccc(C(=O)C[C@@H]2c3ccccc3N[C@H](c3ccccc3Cl)[C@H]2[N+](=O)[O-])cc1. The van der Waals surface area contributed by atoms with E-state index < -0.39 is 18.0 Å². The summed E-state index contributed by atoms with van der Waals surface area (Å²) in [4.78, 5) is 25.1. The van der Waals surface area contributed by atoms with Crippen molar-refractivity contribution in [2.75, 3.05) is 12.4 Å². The molecule has 0 amide bonds. The van der Waals surface area contributed by atoms with Crippen LogP contribution in [0.4, 0.5) is 5.69 Å². The number of methoxy groups -OCH3 is 1. The smallest absolute Gasteiger partial charge is 0.244 e. The molecule has 0 unspecified atom stereocenters. The Morgan fingerprint density at radius 1 is 1.03 bits per heavy atom. The fourth-order valence-corrected chi connectivity index (χ4v) is 4.46. The summed E-state index contributed by atoms with van der Waals surface area (Å²) in [6.45, 7) is 0. The van der Waals surface area contributed by atoms with Crippen LogP contribution in [0.1, 0.15) is 39.9 Å². The zero-order chi connectivity index (χ0) is 22.0. The average Bonchev–Trinajstić information content (AvgIpc) is 2.79. The highest BCUT2D eigenvalue weighted by molar-refractivity contribution is 6.31. The van der Waals surface area contributed by atoms with Crippen molar-refractivity contribution in [1.29, 1.82) is 0 Å². The topological polar surface area (TPSA) is 81.5 Å². The third-order valence-corrected chi connectivity index (χ3v) is 6.07. The van der Waals surface area contributed by atoms with Crippen LogP contribution in [0.5, 0.6) is 5.75 Å². The molecule has 1 aliphatic rings. The number of rotatable bonds is 6. The molecule has 1 heterocycles. The van der Waals surface area contributed by atoms with Gasteiger partial charge >= 0.3 is 0 Å². The van der Waals surface area contributed by atoms with Crippen LogP contribution >= 0.6 is 11.6 Å². The lowest BCUT2D eigenvalue weighted by Crippen LogP contribution is -2.42. The number of para-hydroxylation sites is 1. The Balaban J connectivity index is 1.75. The third-order valence-electron chi connectivity index (χ3n) is 5.73. The van der Waals surface area contributed by atoms with Crippen LogP contribution in [0, 0.1) is 10.1 Å². The summed E-state index contributed by atoms with van der Waals surface area (Å²) in [5.41, 5.74) is 2.67. The molecular weight excluding hydrogens is 416 g/mol. The maximum atomic E-state index is 13.1. The number of nitro groups is 1. The van der Waals surface area contributed by atoms with Gasteiger partial charge in [-0.3, -0.25) is 14.9 Å². The number of nitrogens with one attached hydrogen (secondary N) is 1. The molecule has 0 fully saturated rings. The third kappa shape index (κ3) is 4.11. The van der Waals surface area contributed by atoms with Crippen molar-refractivity contribution in [3.63, 3.8) is 0 Å². The predicted octanol–water partition coefficient (Wildman–Crippen LogP) is 5.52. The second-order valence-electron chi connectivity index (χ2n) is 7.47. The van der Waals surface area contributed by atoms with E-state index in [9.17, 15) is 14.9 Å². The van der Waals surface area contributed by atoms with Crippen molar-refractivity contribution in [2.24, 2.45) is 0 Å². The van der Waals surface area contributed by atoms with E-state index in [0.717, 1.165) is 11.3 Å². The number of ketones is 1. The summed E-state index contributed by atoms with van der Waals surface area (Å²) in [7, 11) is 1.55. The molecule has 0 radical (unpaired) electrons. The Morgan fingerprint density at radius 3 is 2.32 bits per heavy atom. The highest BCUT2D eigenvalue weighted by Crippen LogP contribution is 2.45. The number of ether oxygens (including phenoxy) is 1. The minimum Gasteiger partial charge on any atom is -0.497 e. The van der Waals surface area contributed by atoms with E-state index in [2.05, 4.69) is 5.32 Å².